The third-order valence-electron chi connectivity index (χ3n) is 2.45. The van der Waals surface area contributed by atoms with Gasteiger partial charge in [0.2, 0.25) is 0 Å². The summed E-state index contributed by atoms with van der Waals surface area (Å²) >= 11 is 3.30. The summed E-state index contributed by atoms with van der Waals surface area (Å²) in [6.07, 6.45) is 3.31. The lowest BCUT2D eigenvalue weighted by Crippen LogP contribution is -2.03. The summed E-state index contributed by atoms with van der Waals surface area (Å²) in [7, 11) is 0. The monoisotopic (exact) mass is 305 g/mol. The Morgan fingerprint density at radius 2 is 2.17 bits per heavy atom. The molecule has 0 radical (unpaired) electrons. The van der Waals surface area contributed by atoms with Gasteiger partial charge in [-0.3, -0.25) is 9.78 Å². The summed E-state index contributed by atoms with van der Waals surface area (Å²) < 4.78 is 6.36. The van der Waals surface area contributed by atoms with Crippen LogP contribution in [0.1, 0.15) is 16.1 Å². The lowest BCUT2D eigenvalue weighted by molar-refractivity contribution is 0.112. The molecular formula is C14H12BrNO2. The van der Waals surface area contributed by atoms with E-state index in [1.165, 1.54) is 0 Å². The first-order valence-corrected chi connectivity index (χ1v) is 6.36. The van der Waals surface area contributed by atoms with Crippen LogP contribution >= 0.6 is 15.9 Å². The molecule has 1 heterocycles. The van der Waals surface area contributed by atoms with Crippen molar-refractivity contribution in [3.05, 3.63) is 58.3 Å². The minimum Gasteiger partial charge on any atom is -0.493 e. The molecule has 2 rings (SSSR count). The average Bonchev–Trinajstić information content (AvgIpc) is 2.42. The number of benzene rings is 1. The van der Waals surface area contributed by atoms with Crippen molar-refractivity contribution < 1.29 is 9.53 Å². The first-order valence-electron chi connectivity index (χ1n) is 5.57. The van der Waals surface area contributed by atoms with Crippen molar-refractivity contribution >= 4 is 22.2 Å². The zero-order valence-electron chi connectivity index (χ0n) is 9.67. The molecule has 0 aliphatic heterocycles. The van der Waals surface area contributed by atoms with Gasteiger partial charge in [0.05, 0.1) is 6.61 Å². The second kappa shape index (κ2) is 6.31. The highest BCUT2D eigenvalue weighted by Crippen LogP contribution is 2.21. The molecule has 0 saturated heterocycles. The molecule has 0 bridgehead atoms. The molecule has 18 heavy (non-hydrogen) atoms. The van der Waals surface area contributed by atoms with Crippen LogP contribution in [-0.4, -0.2) is 17.9 Å². The van der Waals surface area contributed by atoms with E-state index in [1.54, 1.807) is 18.3 Å². The highest BCUT2D eigenvalue weighted by Gasteiger charge is 2.01. The fourth-order valence-electron chi connectivity index (χ4n) is 1.52. The third kappa shape index (κ3) is 3.40. The molecule has 1 aromatic carbocycles. The minimum absolute atomic E-state index is 0.539. The molecule has 1 aromatic heterocycles. The van der Waals surface area contributed by atoms with E-state index in [4.69, 9.17) is 4.74 Å². The zero-order valence-corrected chi connectivity index (χ0v) is 11.3. The Hall–Kier alpha value is -1.68. The molecule has 2 aromatic rings. The molecule has 0 spiro atoms. The smallest absolute Gasteiger partial charge is 0.151 e. The second-order valence-corrected chi connectivity index (χ2v) is 4.58. The normalized spacial score (nSPS) is 10.1. The maximum absolute atomic E-state index is 10.8. The highest BCUT2D eigenvalue weighted by molar-refractivity contribution is 9.10. The van der Waals surface area contributed by atoms with E-state index in [2.05, 4.69) is 20.9 Å². The van der Waals surface area contributed by atoms with Crippen molar-refractivity contribution in [1.82, 2.24) is 4.98 Å². The Morgan fingerprint density at radius 1 is 1.28 bits per heavy atom. The van der Waals surface area contributed by atoms with Gasteiger partial charge < -0.3 is 4.74 Å². The number of carbonyl (C=O) groups is 1. The molecule has 0 N–H and O–H groups in total. The van der Waals surface area contributed by atoms with Crippen molar-refractivity contribution in [2.24, 2.45) is 0 Å². The number of pyridine rings is 1. The molecule has 92 valence electrons. The number of halogens is 1. The molecule has 0 fully saturated rings. The predicted molar refractivity (Wildman–Crippen MR) is 73.0 cm³/mol. The Kier molecular flexibility index (Phi) is 4.47. The van der Waals surface area contributed by atoms with E-state index < -0.39 is 0 Å². The third-order valence-corrected chi connectivity index (χ3v) is 3.17. The summed E-state index contributed by atoms with van der Waals surface area (Å²) in [6, 6.07) is 11.1. The van der Waals surface area contributed by atoms with Gasteiger partial charge in [-0.05, 0) is 30.3 Å². The van der Waals surface area contributed by atoms with Crippen LogP contribution in [0.25, 0.3) is 0 Å². The molecule has 0 saturated carbocycles. The molecule has 0 atom stereocenters. The van der Waals surface area contributed by atoms with E-state index in [1.807, 2.05) is 24.3 Å². The fourth-order valence-corrected chi connectivity index (χ4v) is 1.86. The van der Waals surface area contributed by atoms with Crippen LogP contribution < -0.4 is 4.74 Å². The van der Waals surface area contributed by atoms with Crippen molar-refractivity contribution in [1.29, 1.82) is 0 Å². The predicted octanol–water partition coefficient (Wildman–Crippen LogP) is 3.28. The highest BCUT2D eigenvalue weighted by atomic mass is 79.9. The van der Waals surface area contributed by atoms with Gasteiger partial charge in [0, 0.05) is 28.3 Å². The Balaban J connectivity index is 1.92. The van der Waals surface area contributed by atoms with Crippen molar-refractivity contribution in [2.45, 2.75) is 6.42 Å². The Labute approximate surface area is 114 Å². The Bertz CT molecular complexity index is 529. The number of aldehydes is 1. The van der Waals surface area contributed by atoms with Gasteiger partial charge in [0.25, 0.3) is 0 Å². The number of ether oxygens (including phenoxy) is 1. The number of aromatic nitrogens is 1. The average molecular weight is 306 g/mol. The van der Waals surface area contributed by atoms with E-state index in [-0.39, 0.29) is 0 Å². The van der Waals surface area contributed by atoms with Crippen LogP contribution in [-0.2, 0) is 6.42 Å². The van der Waals surface area contributed by atoms with Gasteiger partial charge in [0.1, 0.15) is 5.75 Å². The van der Waals surface area contributed by atoms with E-state index in [9.17, 15) is 4.79 Å². The van der Waals surface area contributed by atoms with Crippen LogP contribution in [0.5, 0.6) is 5.75 Å². The molecular weight excluding hydrogens is 294 g/mol. The number of hydrogen-bond acceptors (Lipinski definition) is 3. The minimum atomic E-state index is 0.539. The first-order chi connectivity index (χ1) is 8.79. The van der Waals surface area contributed by atoms with Gasteiger partial charge >= 0.3 is 0 Å². The maximum atomic E-state index is 10.8. The van der Waals surface area contributed by atoms with E-state index in [0.717, 1.165) is 22.9 Å². The van der Waals surface area contributed by atoms with Gasteiger partial charge in [-0.15, -0.1) is 0 Å². The molecule has 0 unspecified atom stereocenters. The molecule has 0 aliphatic rings. The molecule has 4 heteroatoms. The van der Waals surface area contributed by atoms with Crippen LogP contribution in [0.4, 0.5) is 0 Å². The van der Waals surface area contributed by atoms with Crippen LogP contribution in [0, 0.1) is 0 Å². The topological polar surface area (TPSA) is 39.2 Å². The quantitative estimate of drug-likeness (QED) is 0.796. The SMILES string of the molecule is O=Cc1cc(OCCc2ccccn2)ccc1Br. The van der Waals surface area contributed by atoms with Gasteiger partial charge in [-0.2, -0.15) is 0 Å². The van der Waals surface area contributed by atoms with Gasteiger partial charge in [-0.25, -0.2) is 0 Å². The summed E-state index contributed by atoms with van der Waals surface area (Å²) in [5.41, 5.74) is 1.58. The summed E-state index contributed by atoms with van der Waals surface area (Å²) in [4.78, 5) is 15.0. The number of nitrogens with zero attached hydrogens (tertiary/aromatic N) is 1. The van der Waals surface area contributed by atoms with Crippen molar-refractivity contribution in [3.8, 4) is 5.75 Å². The fraction of sp³-hybridized carbons (Fsp3) is 0.143. The van der Waals surface area contributed by atoms with Crippen LogP contribution in [0.2, 0.25) is 0 Å². The van der Waals surface area contributed by atoms with Crippen molar-refractivity contribution in [2.75, 3.05) is 6.61 Å². The molecule has 0 aliphatic carbocycles. The largest absolute Gasteiger partial charge is 0.493 e. The summed E-state index contributed by atoms with van der Waals surface area (Å²) in [5.74, 6) is 0.691. The lowest BCUT2D eigenvalue weighted by Gasteiger charge is -2.07. The van der Waals surface area contributed by atoms with Crippen molar-refractivity contribution in [3.63, 3.8) is 0 Å². The number of hydrogen-bond donors (Lipinski definition) is 0. The van der Waals surface area contributed by atoms with Gasteiger partial charge in [0.15, 0.2) is 6.29 Å². The molecule has 0 amide bonds. The zero-order chi connectivity index (χ0) is 12.8. The standard InChI is InChI=1S/C14H12BrNO2/c15-14-5-4-13(9-11(14)10-17)18-8-6-12-3-1-2-7-16-12/h1-5,7,9-10H,6,8H2. The number of carbonyl (C=O) groups excluding carboxylic acids is 1. The summed E-state index contributed by atoms with van der Waals surface area (Å²) in [6.45, 7) is 0.539. The number of rotatable bonds is 5. The second-order valence-electron chi connectivity index (χ2n) is 3.72. The maximum Gasteiger partial charge on any atom is 0.151 e. The first kappa shape index (κ1) is 12.8. The van der Waals surface area contributed by atoms with Gasteiger partial charge in [-0.1, -0.05) is 22.0 Å². The lowest BCUT2D eigenvalue weighted by atomic mass is 10.2. The molecule has 3 nitrogen and oxygen atoms in total. The van der Waals surface area contributed by atoms with Crippen LogP contribution in [0.15, 0.2) is 47.1 Å². The summed E-state index contributed by atoms with van der Waals surface area (Å²) in [5, 5.41) is 0. The van der Waals surface area contributed by atoms with Crippen LogP contribution in [0.3, 0.4) is 0 Å². The van der Waals surface area contributed by atoms with E-state index in [0.29, 0.717) is 17.9 Å². The Morgan fingerprint density at radius 3 is 2.89 bits per heavy atom. The van der Waals surface area contributed by atoms with E-state index >= 15 is 0 Å².